The van der Waals surface area contributed by atoms with E-state index in [2.05, 4.69) is 21.9 Å². The number of Topliss-reactive ketones (excluding diaryl/α,β-unsaturated/α-hetero) is 1. The minimum Gasteiger partial charge on any atom is -0.399 e. The van der Waals surface area contributed by atoms with Crippen LogP contribution < -0.4 is 5.73 Å². The van der Waals surface area contributed by atoms with Crippen LogP contribution in [0.2, 0.25) is 0 Å². The quantitative estimate of drug-likeness (QED) is 0.574. The van der Waals surface area contributed by atoms with E-state index in [1.54, 1.807) is 0 Å². The lowest BCUT2D eigenvalue weighted by atomic mass is 10.0. The van der Waals surface area contributed by atoms with Crippen molar-refractivity contribution < 1.29 is 4.79 Å². The summed E-state index contributed by atoms with van der Waals surface area (Å²) in [7, 11) is 0. The van der Waals surface area contributed by atoms with Crippen molar-refractivity contribution in [3.05, 3.63) is 65.7 Å². The summed E-state index contributed by atoms with van der Waals surface area (Å²) in [5, 5.41) is 0. The first-order valence-corrected chi connectivity index (χ1v) is 8.53. The molecule has 0 saturated carbocycles. The van der Waals surface area contributed by atoms with Crippen LogP contribution in [-0.2, 0) is 6.54 Å². The zero-order valence-electron chi connectivity index (χ0n) is 15.4. The summed E-state index contributed by atoms with van der Waals surface area (Å²) >= 11 is 0. The van der Waals surface area contributed by atoms with Crippen LogP contribution in [0.25, 0.3) is 0 Å². The number of nitrogens with zero attached hydrogens (tertiary/aromatic N) is 2. The molecule has 1 aliphatic rings. The number of nitrogens with two attached hydrogens (primary N) is 1. The lowest BCUT2D eigenvalue weighted by Gasteiger charge is -2.37. The third-order valence-corrected chi connectivity index (χ3v) is 4.78. The minimum atomic E-state index is -0.0638. The molecule has 3 rings (SSSR count). The highest BCUT2D eigenvalue weighted by atomic mass is 35.5. The predicted molar refractivity (Wildman–Crippen MR) is 120 cm³/mol. The maximum atomic E-state index is 12.6. The van der Waals surface area contributed by atoms with Gasteiger partial charge in [-0.2, -0.15) is 0 Å². The molecule has 1 aliphatic heterocycles. The number of benzene rings is 2. The molecule has 1 atom stereocenters. The number of ketones is 1. The summed E-state index contributed by atoms with van der Waals surface area (Å²) in [6.07, 6.45) is 0. The van der Waals surface area contributed by atoms with Crippen LogP contribution >= 0.6 is 37.2 Å². The van der Waals surface area contributed by atoms with Crippen LogP contribution in [0.3, 0.4) is 0 Å². The molecule has 0 radical (unpaired) electrons. The molecule has 0 aliphatic carbocycles. The van der Waals surface area contributed by atoms with Crippen molar-refractivity contribution in [2.45, 2.75) is 19.5 Å². The van der Waals surface area contributed by atoms with Gasteiger partial charge in [0, 0.05) is 44.0 Å². The summed E-state index contributed by atoms with van der Waals surface area (Å²) in [5.74, 6) is 0.211. The number of hydrogen-bond donors (Lipinski definition) is 1. The van der Waals surface area contributed by atoms with Crippen LogP contribution in [0.5, 0.6) is 0 Å². The largest absolute Gasteiger partial charge is 0.399 e. The van der Waals surface area contributed by atoms with Crippen molar-refractivity contribution >= 4 is 48.7 Å². The van der Waals surface area contributed by atoms with Crippen molar-refractivity contribution in [1.29, 1.82) is 0 Å². The summed E-state index contributed by atoms with van der Waals surface area (Å²) in [6, 6.07) is 17.6. The number of nitrogen functional groups attached to an aromatic ring is 1. The number of halogens is 3. The Hall–Kier alpha value is -1.30. The molecule has 0 amide bonds. The van der Waals surface area contributed by atoms with Crippen molar-refractivity contribution in [3.63, 3.8) is 0 Å². The molecule has 1 fully saturated rings. The number of carbonyl (C=O) groups excluding carboxylic acids is 1. The maximum Gasteiger partial charge on any atom is 0.179 e. The summed E-state index contributed by atoms with van der Waals surface area (Å²) in [4.78, 5) is 17.3. The number of rotatable bonds is 5. The molecule has 27 heavy (non-hydrogen) atoms. The Morgan fingerprint density at radius 2 is 1.48 bits per heavy atom. The molecule has 1 saturated heterocycles. The standard InChI is InChI=1S/C20H25N3O.3ClH/c1-16(20(24)18-5-3-2-4-6-18)23-13-11-22(12-14-23)15-17-7-9-19(21)10-8-17;;;/h2-10,16H,11-15,21H2,1H3;3*1H. The fraction of sp³-hybridized carbons (Fsp3) is 0.350. The first-order valence-electron chi connectivity index (χ1n) is 8.53. The molecule has 7 heteroatoms. The Bertz CT molecular complexity index is 675. The highest BCUT2D eigenvalue weighted by molar-refractivity contribution is 5.99. The second-order valence-corrected chi connectivity index (χ2v) is 6.46. The fourth-order valence-corrected chi connectivity index (χ4v) is 3.20. The van der Waals surface area contributed by atoms with Gasteiger partial charge in [-0.3, -0.25) is 14.6 Å². The predicted octanol–water partition coefficient (Wildman–Crippen LogP) is 3.92. The van der Waals surface area contributed by atoms with Crippen molar-refractivity contribution in [2.75, 3.05) is 31.9 Å². The highest BCUT2D eigenvalue weighted by Gasteiger charge is 2.26. The number of piperazine rings is 1. The normalized spacial score (nSPS) is 15.6. The van der Waals surface area contributed by atoms with Crippen LogP contribution in [-0.4, -0.2) is 47.8 Å². The summed E-state index contributed by atoms with van der Waals surface area (Å²) in [5.41, 5.74) is 8.62. The van der Waals surface area contributed by atoms with Gasteiger partial charge < -0.3 is 5.73 Å². The molecule has 2 N–H and O–H groups in total. The molecule has 4 nitrogen and oxygen atoms in total. The van der Waals surface area contributed by atoms with Gasteiger partial charge in [-0.15, -0.1) is 37.2 Å². The maximum absolute atomic E-state index is 12.6. The Morgan fingerprint density at radius 3 is 2.04 bits per heavy atom. The van der Waals surface area contributed by atoms with E-state index in [0.717, 1.165) is 44.0 Å². The molecule has 1 unspecified atom stereocenters. The van der Waals surface area contributed by atoms with E-state index in [1.165, 1.54) is 5.56 Å². The molecule has 0 bridgehead atoms. The molecule has 0 spiro atoms. The van der Waals surface area contributed by atoms with Crippen molar-refractivity contribution in [1.82, 2.24) is 9.80 Å². The van der Waals surface area contributed by atoms with E-state index in [4.69, 9.17) is 5.73 Å². The molecule has 150 valence electrons. The molecule has 1 heterocycles. The zero-order chi connectivity index (χ0) is 16.9. The topological polar surface area (TPSA) is 49.6 Å². The Kier molecular flexibility index (Phi) is 11.6. The third kappa shape index (κ3) is 6.98. The van der Waals surface area contributed by atoms with Gasteiger partial charge in [0.05, 0.1) is 6.04 Å². The lowest BCUT2D eigenvalue weighted by molar-refractivity contribution is 0.0687. The van der Waals surface area contributed by atoms with E-state index >= 15 is 0 Å². The van der Waals surface area contributed by atoms with Crippen LogP contribution in [0.15, 0.2) is 54.6 Å². The minimum absolute atomic E-state index is 0. The van der Waals surface area contributed by atoms with Gasteiger partial charge in [0.15, 0.2) is 5.78 Å². The first kappa shape index (κ1) is 25.7. The van der Waals surface area contributed by atoms with Gasteiger partial charge in [-0.1, -0.05) is 42.5 Å². The Morgan fingerprint density at radius 1 is 0.926 bits per heavy atom. The fourth-order valence-electron chi connectivity index (χ4n) is 3.20. The van der Waals surface area contributed by atoms with Gasteiger partial charge in [-0.25, -0.2) is 0 Å². The van der Waals surface area contributed by atoms with E-state index in [0.29, 0.717) is 0 Å². The van der Waals surface area contributed by atoms with Crippen molar-refractivity contribution in [3.8, 4) is 0 Å². The Labute approximate surface area is 180 Å². The SMILES string of the molecule is CC(C(=O)c1ccccc1)N1CCN(Cc2ccc(N)cc2)CC1.Cl.Cl.Cl. The van der Waals surface area contributed by atoms with Gasteiger partial charge in [0.1, 0.15) is 0 Å². The van der Waals surface area contributed by atoms with Crippen molar-refractivity contribution in [2.24, 2.45) is 0 Å². The van der Waals surface area contributed by atoms with Crippen LogP contribution in [0, 0.1) is 0 Å². The highest BCUT2D eigenvalue weighted by Crippen LogP contribution is 2.14. The van der Waals surface area contributed by atoms with Gasteiger partial charge >= 0.3 is 0 Å². The number of carbonyl (C=O) groups is 1. The smallest absolute Gasteiger partial charge is 0.179 e. The summed E-state index contributed by atoms with van der Waals surface area (Å²) in [6.45, 7) is 6.77. The van der Waals surface area contributed by atoms with E-state index in [9.17, 15) is 4.79 Å². The second-order valence-electron chi connectivity index (χ2n) is 6.46. The molecular weight excluding hydrogens is 405 g/mol. The van der Waals surface area contributed by atoms with E-state index < -0.39 is 0 Å². The molecule has 0 aromatic heterocycles. The average Bonchev–Trinajstić information content (AvgIpc) is 2.64. The van der Waals surface area contributed by atoms with Gasteiger partial charge in [0.25, 0.3) is 0 Å². The van der Waals surface area contributed by atoms with E-state index in [1.807, 2.05) is 49.4 Å². The van der Waals surface area contributed by atoms with E-state index in [-0.39, 0.29) is 49.0 Å². The zero-order valence-corrected chi connectivity index (χ0v) is 17.9. The first-order chi connectivity index (χ1) is 11.6. The second kappa shape index (κ2) is 12.2. The van der Waals surface area contributed by atoms with Crippen LogP contribution in [0.1, 0.15) is 22.8 Å². The number of anilines is 1. The summed E-state index contributed by atoms with van der Waals surface area (Å²) < 4.78 is 0. The number of hydrogen-bond acceptors (Lipinski definition) is 4. The monoisotopic (exact) mass is 431 g/mol. The lowest BCUT2D eigenvalue weighted by Crippen LogP contribution is -2.51. The molecule has 2 aromatic rings. The average molecular weight is 433 g/mol. The van der Waals surface area contributed by atoms with Gasteiger partial charge in [-0.05, 0) is 24.6 Å². The third-order valence-electron chi connectivity index (χ3n) is 4.78. The van der Waals surface area contributed by atoms with Gasteiger partial charge in [0.2, 0.25) is 0 Å². The molecule has 2 aromatic carbocycles. The molecular formula is C20H28Cl3N3O. The van der Waals surface area contributed by atoms with Crippen LogP contribution in [0.4, 0.5) is 5.69 Å². The Balaban J connectivity index is 0.00000225.